The molecule has 0 saturated heterocycles. The van der Waals surface area contributed by atoms with Gasteiger partial charge in [0.15, 0.2) is 0 Å². The molecule has 0 radical (unpaired) electrons. The van der Waals surface area contributed by atoms with Crippen molar-refractivity contribution in [3.63, 3.8) is 0 Å². The van der Waals surface area contributed by atoms with Gasteiger partial charge in [-0.15, -0.1) is 0 Å². The molecule has 0 spiro atoms. The molecule has 0 aliphatic carbocycles. The molecule has 0 saturated carbocycles. The monoisotopic (exact) mass is 263 g/mol. The van der Waals surface area contributed by atoms with Crippen LogP contribution in [0.3, 0.4) is 0 Å². The zero-order valence-corrected chi connectivity index (χ0v) is 11.2. The highest BCUT2D eigenvalue weighted by molar-refractivity contribution is 5.96. The van der Waals surface area contributed by atoms with Crippen molar-refractivity contribution in [2.75, 3.05) is 19.6 Å². The van der Waals surface area contributed by atoms with Gasteiger partial charge in [0.25, 0.3) is 5.91 Å². The second kappa shape index (κ2) is 8.26. The fraction of sp³-hybridized carbons (Fsp3) is 0.429. The number of hydrogen-bond donors (Lipinski definition) is 3. The normalized spacial score (nSPS) is 10.0. The van der Waals surface area contributed by atoms with Gasteiger partial charge in [-0.3, -0.25) is 9.59 Å². The molecule has 1 aromatic carbocycles. The average Bonchev–Trinajstić information content (AvgIpc) is 2.43. The van der Waals surface area contributed by atoms with E-state index in [4.69, 9.17) is 5.73 Å². The Morgan fingerprint density at radius 1 is 1.16 bits per heavy atom. The molecule has 0 aliphatic heterocycles. The van der Waals surface area contributed by atoms with Gasteiger partial charge >= 0.3 is 0 Å². The molecule has 104 valence electrons. The predicted molar refractivity (Wildman–Crippen MR) is 74.8 cm³/mol. The quantitative estimate of drug-likeness (QED) is 0.667. The zero-order chi connectivity index (χ0) is 14.1. The summed E-state index contributed by atoms with van der Waals surface area (Å²) in [5.41, 5.74) is 7.10. The molecule has 1 rings (SSSR count). The maximum Gasteiger partial charge on any atom is 0.251 e. The molecule has 19 heavy (non-hydrogen) atoms. The van der Waals surface area contributed by atoms with E-state index in [9.17, 15) is 9.59 Å². The molecule has 0 bridgehead atoms. The molecule has 4 N–H and O–H groups in total. The fourth-order valence-electron chi connectivity index (χ4n) is 1.58. The van der Waals surface area contributed by atoms with E-state index in [1.807, 2.05) is 19.1 Å². The van der Waals surface area contributed by atoms with E-state index in [0.717, 1.165) is 18.4 Å². The summed E-state index contributed by atoms with van der Waals surface area (Å²) in [5, 5.41) is 5.28. The molecule has 2 amide bonds. The van der Waals surface area contributed by atoms with Crippen LogP contribution >= 0.6 is 0 Å². The summed E-state index contributed by atoms with van der Waals surface area (Å²) in [6.45, 7) is 3.19. The first-order valence-corrected chi connectivity index (χ1v) is 6.51. The molecule has 0 aromatic heterocycles. The first kappa shape index (κ1) is 15.2. The molecule has 0 aliphatic rings. The van der Waals surface area contributed by atoms with E-state index in [2.05, 4.69) is 10.6 Å². The Hall–Kier alpha value is -1.88. The number of carbonyl (C=O) groups excluding carboxylic acids is 2. The van der Waals surface area contributed by atoms with Crippen LogP contribution in [-0.2, 0) is 11.2 Å². The number of hydrogen-bond acceptors (Lipinski definition) is 3. The van der Waals surface area contributed by atoms with E-state index in [-0.39, 0.29) is 18.4 Å². The van der Waals surface area contributed by atoms with Crippen LogP contribution in [0.2, 0.25) is 0 Å². The summed E-state index contributed by atoms with van der Waals surface area (Å²) in [6.07, 6.45) is 1.67. The van der Waals surface area contributed by atoms with Crippen LogP contribution in [0.4, 0.5) is 0 Å². The lowest BCUT2D eigenvalue weighted by Crippen LogP contribution is -2.37. The molecule has 0 fully saturated rings. The lowest BCUT2D eigenvalue weighted by atomic mass is 10.1. The Labute approximate surface area is 113 Å². The van der Waals surface area contributed by atoms with Crippen LogP contribution in [0.5, 0.6) is 0 Å². The van der Waals surface area contributed by atoms with Gasteiger partial charge in [0.2, 0.25) is 5.91 Å². The highest BCUT2D eigenvalue weighted by Crippen LogP contribution is 2.04. The van der Waals surface area contributed by atoms with Crippen molar-refractivity contribution in [2.24, 2.45) is 5.73 Å². The van der Waals surface area contributed by atoms with E-state index in [0.29, 0.717) is 18.7 Å². The Bertz CT molecular complexity index is 415. The fourth-order valence-corrected chi connectivity index (χ4v) is 1.58. The highest BCUT2D eigenvalue weighted by Gasteiger charge is 2.07. The van der Waals surface area contributed by atoms with Crippen molar-refractivity contribution in [3.05, 3.63) is 35.4 Å². The average molecular weight is 263 g/mol. The third kappa shape index (κ3) is 5.52. The first-order valence-electron chi connectivity index (χ1n) is 6.51. The molecule has 0 unspecified atom stereocenters. The maximum absolute atomic E-state index is 11.8. The van der Waals surface area contributed by atoms with Crippen LogP contribution < -0.4 is 16.4 Å². The first-order chi connectivity index (χ1) is 9.17. The summed E-state index contributed by atoms with van der Waals surface area (Å²) in [4.78, 5) is 23.1. The summed E-state index contributed by atoms with van der Waals surface area (Å²) < 4.78 is 0. The number of rotatable bonds is 7. The topological polar surface area (TPSA) is 84.2 Å². The largest absolute Gasteiger partial charge is 0.355 e. The smallest absolute Gasteiger partial charge is 0.251 e. The van der Waals surface area contributed by atoms with Crippen molar-refractivity contribution in [1.82, 2.24) is 10.6 Å². The SMILES string of the molecule is CCCNC(=O)CNC(=O)c1ccc(CCN)cc1. The molecule has 0 atom stereocenters. The molecule has 5 nitrogen and oxygen atoms in total. The van der Waals surface area contributed by atoms with Gasteiger partial charge in [0, 0.05) is 12.1 Å². The number of amides is 2. The number of benzene rings is 1. The molecular weight excluding hydrogens is 242 g/mol. The van der Waals surface area contributed by atoms with E-state index < -0.39 is 0 Å². The third-order valence-corrected chi connectivity index (χ3v) is 2.63. The van der Waals surface area contributed by atoms with Crippen LogP contribution in [0, 0.1) is 0 Å². The minimum absolute atomic E-state index is 0.00336. The summed E-state index contributed by atoms with van der Waals surface area (Å²) in [5.74, 6) is -0.416. The Morgan fingerprint density at radius 2 is 1.84 bits per heavy atom. The standard InChI is InChI=1S/C14H21N3O2/c1-2-9-16-13(18)10-17-14(19)12-5-3-11(4-6-12)7-8-15/h3-6H,2,7-10,15H2,1H3,(H,16,18)(H,17,19). The molecule has 5 heteroatoms. The van der Waals surface area contributed by atoms with Gasteiger partial charge in [0.1, 0.15) is 0 Å². The Kier molecular flexibility index (Phi) is 6.60. The van der Waals surface area contributed by atoms with Crippen molar-refractivity contribution >= 4 is 11.8 Å². The maximum atomic E-state index is 11.8. The van der Waals surface area contributed by atoms with Crippen molar-refractivity contribution in [3.8, 4) is 0 Å². The van der Waals surface area contributed by atoms with Gasteiger partial charge in [0.05, 0.1) is 6.54 Å². The molecule has 1 aromatic rings. The van der Waals surface area contributed by atoms with Crippen molar-refractivity contribution in [2.45, 2.75) is 19.8 Å². The predicted octanol–water partition coefficient (Wildman–Crippen LogP) is 0.444. The Morgan fingerprint density at radius 3 is 2.42 bits per heavy atom. The van der Waals surface area contributed by atoms with Gasteiger partial charge in [-0.25, -0.2) is 0 Å². The van der Waals surface area contributed by atoms with Crippen molar-refractivity contribution < 1.29 is 9.59 Å². The number of nitrogens with one attached hydrogen (secondary N) is 2. The molecule has 0 heterocycles. The van der Waals surface area contributed by atoms with Gasteiger partial charge < -0.3 is 16.4 Å². The van der Waals surface area contributed by atoms with Gasteiger partial charge in [-0.2, -0.15) is 0 Å². The zero-order valence-electron chi connectivity index (χ0n) is 11.2. The summed E-state index contributed by atoms with van der Waals surface area (Å²) in [6, 6.07) is 7.23. The van der Waals surface area contributed by atoms with Gasteiger partial charge in [-0.1, -0.05) is 19.1 Å². The van der Waals surface area contributed by atoms with Gasteiger partial charge in [-0.05, 0) is 37.1 Å². The van der Waals surface area contributed by atoms with Crippen LogP contribution in [0.15, 0.2) is 24.3 Å². The third-order valence-electron chi connectivity index (χ3n) is 2.63. The van der Waals surface area contributed by atoms with Crippen molar-refractivity contribution in [1.29, 1.82) is 0 Å². The lowest BCUT2D eigenvalue weighted by Gasteiger charge is -2.06. The minimum Gasteiger partial charge on any atom is -0.355 e. The number of carbonyl (C=O) groups is 2. The minimum atomic E-state index is -0.244. The Balaban J connectivity index is 2.42. The van der Waals surface area contributed by atoms with Crippen LogP contribution in [0.1, 0.15) is 29.3 Å². The second-order valence-electron chi connectivity index (χ2n) is 4.27. The van der Waals surface area contributed by atoms with Crippen LogP contribution in [0.25, 0.3) is 0 Å². The van der Waals surface area contributed by atoms with E-state index in [1.165, 1.54) is 0 Å². The number of nitrogens with two attached hydrogens (primary N) is 1. The summed E-state index contributed by atoms with van der Waals surface area (Å²) in [7, 11) is 0. The van der Waals surface area contributed by atoms with E-state index in [1.54, 1.807) is 12.1 Å². The molecular formula is C14H21N3O2. The highest BCUT2D eigenvalue weighted by atomic mass is 16.2. The van der Waals surface area contributed by atoms with Crippen LogP contribution in [-0.4, -0.2) is 31.4 Å². The summed E-state index contributed by atoms with van der Waals surface area (Å²) >= 11 is 0. The lowest BCUT2D eigenvalue weighted by molar-refractivity contribution is -0.120. The second-order valence-corrected chi connectivity index (χ2v) is 4.27. The van der Waals surface area contributed by atoms with E-state index >= 15 is 0 Å².